The van der Waals surface area contributed by atoms with Gasteiger partial charge in [0.1, 0.15) is 0 Å². The number of aliphatic hydroxyl groups is 1. The average Bonchev–Trinajstić information content (AvgIpc) is 3.10. The van der Waals surface area contributed by atoms with Crippen LogP contribution in [0, 0.1) is 22.7 Å². The molecule has 1 aromatic rings. The van der Waals surface area contributed by atoms with Gasteiger partial charge in [0, 0.05) is 5.41 Å². The van der Waals surface area contributed by atoms with Crippen molar-refractivity contribution in [1.82, 2.24) is 0 Å². The van der Waals surface area contributed by atoms with Gasteiger partial charge in [0.05, 0.1) is 31.8 Å². The molecule has 0 unspecified atom stereocenters. The molecule has 1 spiro atoms. The van der Waals surface area contributed by atoms with Gasteiger partial charge in [-0.15, -0.1) is 0 Å². The quantitative estimate of drug-likeness (QED) is 0.855. The molecule has 5 atom stereocenters. The van der Waals surface area contributed by atoms with E-state index >= 15 is 0 Å². The van der Waals surface area contributed by atoms with Gasteiger partial charge in [0.15, 0.2) is 0 Å². The van der Waals surface area contributed by atoms with Crippen molar-refractivity contribution in [2.45, 2.75) is 52.1 Å². The molecule has 126 valence electrons. The van der Waals surface area contributed by atoms with E-state index in [-0.39, 0.29) is 18.1 Å². The van der Waals surface area contributed by atoms with Crippen LogP contribution in [0.25, 0.3) is 0 Å². The van der Waals surface area contributed by atoms with Crippen molar-refractivity contribution in [1.29, 1.82) is 0 Å². The summed E-state index contributed by atoms with van der Waals surface area (Å²) in [6, 6.07) is 2.09. The minimum Gasteiger partial charge on any atom is -0.472 e. The van der Waals surface area contributed by atoms with Gasteiger partial charge in [0.2, 0.25) is 0 Å². The smallest absolute Gasteiger partial charge is 0.0934 e. The maximum absolute atomic E-state index is 9.93. The third-order valence-corrected chi connectivity index (χ3v) is 7.36. The minimum absolute atomic E-state index is 0.0845. The lowest BCUT2D eigenvalue weighted by molar-refractivity contribution is -0.164. The summed E-state index contributed by atoms with van der Waals surface area (Å²) in [4.78, 5) is 0. The lowest BCUT2D eigenvalue weighted by Gasteiger charge is -2.62. The van der Waals surface area contributed by atoms with E-state index in [1.807, 2.05) is 6.26 Å². The van der Waals surface area contributed by atoms with Crippen molar-refractivity contribution in [2.24, 2.45) is 22.7 Å². The van der Waals surface area contributed by atoms with Crippen molar-refractivity contribution in [2.75, 3.05) is 13.2 Å². The topological polar surface area (TPSA) is 42.6 Å². The van der Waals surface area contributed by atoms with Gasteiger partial charge in [-0.25, -0.2) is 0 Å². The van der Waals surface area contributed by atoms with Crippen LogP contribution in [0.2, 0.25) is 0 Å². The fourth-order valence-corrected chi connectivity index (χ4v) is 5.64. The highest BCUT2D eigenvalue weighted by molar-refractivity contribution is 5.29. The Kier molecular flexibility index (Phi) is 3.69. The van der Waals surface area contributed by atoms with Crippen LogP contribution in [0.3, 0.4) is 0 Å². The summed E-state index contributed by atoms with van der Waals surface area (Å²) in [7, 11) is 0. The number of rotatable bonds is 4. The maximum atomic E-state index is 9.93. The molecule has 0 amide bonds. The zero-order valence-electron chi connectivity index (χ0n) is 14.3. The molecular formula is C20H28O3. The highest BCUT2D eigenvalue weighted by atomic mass is 16.5. The first-order chi connectivity index (χ1) is 11.1. The van der Waals surface area contributed by atoms with E-state index in [9.17, 15) is 5.11 Å². The molecule has 1 N–H and O–H groups in total. The van der Waals surface area contributed by atoms with Crippen LogP contribution in [0.1, 0.15) is 45.1 Å². The Labute approximate surface area is 138 Å². The number of aryl methyl sites for hydroxylation is 1. The van der Waals surface area contributed by atoms with Crippen molar-refractivity contribution in [3.8, 4) is 0 Å². The largest absolute Gasteiger partial charge is 0.472 e. The Morgan fingerprint density at radius 3 is 3.00 bits per heavy atom. The predicted octanol–water partition coefficient (Wildman–Crippen LogP) is 3.97. The number of hydrogen-bond acceptors (Lipinski definition) is 3. The van der Waals surface area contributed by atoms with Crippen LogP contribution < -0.4 is 0 Å². The Balaban J connectivity index is 1.65. The lowest BCUT2D eigenvalue weighted by Crippen LogP contribution is -2.59. The minimum atomic E-state index is 0.0845. The predicted molar refractivity (Wildman–Crippen MR) is 89.0 cm³/mol. The highest BCUT2D eigenvalue weighted by Gasteiger charge is 2.59. The number of furan rings is 1. The van der Waals surface area contributed by atoms with E-state index in [1.165, 1.54) is 30.4 Å². The summed E-state index contributed by atoms with van der Waals surface area (Å²) in [5.41, 5.74) is 2.94. The molecule has 1 aromatic heterocycles. The monoisotopic (exact) mass is 316 g/mol. The first-order valence-electron chi connectivity index (χ1n) is 9.03. The summed E-state index contributed by atoms with van der Waals surface area (Å²) in [6.07, 6.45) is 11.8. The standard InChI is InChI=1S/C20H28O3/c1-14-3-7-20-13-23-17(9-16(20)11-21)10-18(20)19(14,2)6-4-15-5-8-22-12-15/h5,8-9,12,14,17-18,21H,3-4,6-7,10-11,13H2,1-2H3/t14-,17+,18-,19+,20-/m1/s1. The third-order valence-electron chi connectivity index (χ3n) is 7.36. The number of ether oxygens (including phenoxy) is 1. The van der Waals surface area contributed by atoms with Crippen LogP contribution in [0.5, 0.6) is 0 Å². The van der Waals surface area contributed by atoms with E-state index in [1.54, 1.807) is 6.26 Å². The van der Waals surface area contributed by atoms with Crippen molar-refractivity contribution in [3.05, 3.63) is 35.8 Å². The van der Waals surface area contributed by atoms with Gasteiger partial charge in [-0.1, -0.05) is 19.9 Å². The van der Waals surface area contributed by atoms with Crippen LogP contribution in [0.15, 0.2) is 34.7 Å². The maximum Gasteiger partial charge on any atom is 0.0934 e. The van der Waals surface area contributed by atoms with Gasteiger partial charge in [-0.05, 0) is 66.6 Å². The molecule has 3 heterocycles. The second kappa shape index (κ2) is 5.49. The number of aliphatic hydroxyl groups excluding tert-OH is 1. The number of hydrogen-bond donors (Lipinski definition) is 1. The average molecular weight is 316 g/mol. The van der Waals surface area contributed by atoms with E-state index in [2.05, 4.69) is 26.0 Å². The first kappa shape index (κ1) is 15.5. The van der Waals surface area contributed by atoms with Crippen LogP contribution in [-0.2, 0) is 11.2 Å². The second-order valence-corrected chi connectivity index (χ2v) is 8.22. The zero-order valence-corrected chi connectivity index (χ0v) is 14.3. The molecule has 3 nitrogen and oxygen atoms in total. The van der Waals surface area contributed by atoms with E-state index in [0.717, 1.165) is 19.4 Å². The molecule has 0 radical (unpaired) electrons. The molecule has 3 heteroatoms. The second-order valence-electron chi connectivity index (χ2n) is 8.22. The molecule has 2 fully saturated rings. The van der Waals surface area contributed by atoms with Gasteiger partial charge >= 0.3 is 0 Å². The summed E-state index contributed by atoms with van der Waals surface area (Å²) in [6.45, 7) is 5.91. The summed E-state index contributed by atoms with van der Waals surface area (Å²) >= 11 is 0. The SMILES string of the molecule is C[C@@H]1CC[C@@]23CO[C@@H](C=C2CO)C[C@@H]3[C@@]1(C)CCc1ccoc1. The van der Waals surface area contributed by atoms with Crippen molar-refractivity contribution >= 4 is 0 Å². The van der Waals surface area contributed by atoms with Gasteiger partial charge in [0.25, 0.3) is 0 Å². The molecule has 23 heavy (non-hydrogen) atoms. The molecular weight excluding hydrogens is 288 g/mol. The van der Waals surface area contributed by atoms with E-state index in [4.69, 9.17) is 9.15 Å². The van der Waals surface area contributed by atoms with Crippen LogP contribution in [-0.4, -0.2) is 24.4 Å². The molecule has 1 saturated carbocycles. The molecule has 2 aliphatic heterocycles. The Bertz CT molecular complexity index is 590. The van der Waals surface area contributed by atoms with Crippen molar-refractivity contribution in [3.63, 3.8) is 0 Å². The van der Waals surface area contributed by atoms with Gasteiger partial charge in [-0.2, -0.15) is 0 Å². The molecule has 2 aliphatic carbocycles. The normalized spacial score (nSPS) is 42.4. The van der Waals surface area contributed by atoms with E-state index < -0.39 is 0 Å². The molecule has 2 bridgehead atoms. The Morgan fingerprint density at radius 1 is 1.39 bits per heavy atom. The van der Waals surface area contributed by atoms with Gasteiger partial charge < -0.3 is 14.3 Å². The summed E-state index contributed by atoms with van der Waals surface area (Å²) < 4.78 is 11.3. The highest BCUT2D eigenvalue weighted by Crippen LogP contribution is 2.64. The lowest BCUT2D eigenvalue weighted by atomic mass is 9.45. The van der Waals surface area contributed by atoms with Crippen molar-refractivity contribution < 1.29 is 14.3 Å². The van der Waals surface area contributed by atoms with E-state index in [0.29, 0.717) is 17.3 Å². The Hall–Kier alpha value is -1.06. The molecule has 0 aromatic carbocycles. The molecule has 4 aliphatic rings. The number of fused-ring (bicyclic) bond motifs is 1. The van der Waals surface area contributed by atoms with Crippen LogP contribution >= 0.6 is 0 Å². The Morgan fingerprint density at radius 2 is 2.26 bits per heavy atom. The molecule has 1 saturated heterocycles. The van der Waals surface area contributed by atoms with Crippen LogP contribution in [0.4, 0.5) is 0 Å². The molecule has 5 rings (SSSR count). The fourth-order valence-electron chi connectivity index (χ4n) is 5.64. The summed E-state index contributed by atoms with van der Waals surface area (Å²) in [5, 5.41) is 9.93. The third kappa shape index (κ3) is 2.24. The fraction of sp³-hybridized carbons (Fsp3) is 0.700. The first-order valence-corrected chi connectivity index (χ1v) is 9.03. The zero-order chi connectivity index (χ0) is 16.1. The van der Waals surface area contributed by atoms with Gasteiger partial charge in [-0.3, -0.25) is 0 Å². The summed E-state index contributed by atoms with van der Waals surface area (Å²) in [5.74, 6) is 1.33.